The van der Waals surface area contributed by atoms with Crippen LogP contribution in [0, 0.1) is 0 Å². The van der Waals surface area contributed by atoms with E-state index in [4.69, 9.17) is 23.2 Å². The van der Waals surface area contributed by atoms with Crippen LogP contribution in [0.5, 0.6) is 0 Å². The van der Waals surface area contributed by atoms with Crippen LogP contribution in [0.25, 0.3) is 0 Å². The first-order valence-electron chi connectivity index (χ1n) is 4.61. The maximum atomic E-state index is 5.91. The summed E-state index contributed by atoms with van der Waals surface area (Å²) in [5.41, 5.74) is 2.05. The van der Waals surface area contributed by atoms with Crippen molar-refractivity contribution in [1.29, 1.82) is 0 Å². The third kappa shape index (κ3) is 2.83. The van der Waals surface area contributed by atoms with Gasteiger partial charge in [-0.2, -0.15) is 4.37 Å². The Morgan fingerprint density at radius 2 is 2.12 bits per heavy atom. The zero-order valence-corrected chi connectivity index (χ0v) is 11.3. The molecule has 1 aromatic carbocycles. The third-order valence-corrected chi connectivity index (χ3v) is 4.35. The van der Waals surface area contributed by atoms with Crippen LogP contribution in [0.1, 0.15) is 5.56 Å². The first kappa shape index (κ1) is 12.0. The Morgan fingerprint density at radius 3 is 2.81 bits per heavy atom. The quantitative estimate of drug-likeness (QED) is 0.622. The molecular weight excluding hydrogens is 283 g/mol. The Labute approximate surface area is 111 Å². The summed E-state index contributed by atoms with van der Waals surface area (Å²) in [6, 6.07) is 7.93. The molecule has 84 valence electrons. The predicted octanol–water partition coefficient (Wildman–Crippen LogP) is 3.87. The van der Waals surface area contributed by atoms with Crippen LogP contribution < -0.4 is 4.67 Å². The standard InChI is InChI=1S/C10H8Cl2N2S2/c11-6-5-7-3-1-2-4-8(7)13-10-9(12)14-16-15-10/h1-4H,5-6H2. The zero-order valence-electron chi connectivity index (χ0n) is 8.19. The van der Waals surface area contributed by atoms with Gasteiger partial charge in [0.2, 0.25) is 0 Å². The molecule has 0 aliphatic carbocycles. The molecule has 0 saturated heterocycles. The van der Waals surface area contributed by atoms with Crippen LogP contribution in [0.3, 0.4) is 0 Å². The molecule has 0 fully saturated rings. The van der Waals surface area contributed by atoms with Gasteiger partial charge < -0.3 is 0 Å². The number of para-hydroxylation sites is 1. The molecule has 2 rings (SSSR count). The number of nitrogens with zero attached hydrogens (tertiary/aromatic N) is 2. The van der Waals surface area contributed by atoms with Crippen LogP contribution >= 0.6 is 44.1 Å². The number of hydrogen-bond acceptors (Lipinski definition) is 4. The molecule has 0 bridgehead atoms. The van der Waals surface area contributed by atoms with E-state index in [0.29, 0.717) is 11.0 Å². The second-order valence-electron chi connectivity index (χ2n) is 3.02. The topological polar surface area (TPSA) is 25.2 Å². The second kappa shape index (κ2) is 5.77. The maximum Gasteiger partial charge on any atom is 0.179 e. The largest absolute Gasteiger partial charge is 0.234 e. The highest BCUT2D eigenvalue weighted by molar-refractivity contribution is 7.66. The van der Waals surface area contributed by atoms with Crippen molar-refractivity contribution in [1.82, 2.24) is 4.37 Å². The van der Waals surface area contributed by atoms with Gasteiger partial charge in [0.25, 0.3) is 0 Å². The molecular formula is C10H8Cl2N2S2. The number of aromatic nitrogens is 1. The monoisotopic (exact) mass is 290 g/mol. The molecule has 0 radical (unpaired) electrons. The molecule has 6 heteroatoms. The second-order valence-corrected chi connectivity index (χ2v) is 5.59. The van der Waals surface area contributed by atoms with Gasteiger partial charge in [0, 0.05) is 16.4 Å². The molecule has 0 unspecified atom stereocenters. The highest BCUT2D eigenvalue weighted by atomic mass is 35.5. The van der Waals surface area contributed by atoms with Crippen LogP contribution in [0.15, 0.2) is 29.3 Å². The molecule has 0 atom stereocenters. The van der Waals surface area contributed by atoms with Gasteiger partial charge in [-0.1, -0.05) is 29.8 Å². The Balaban J connectivity index is 2.45. The van der Waals surface area contributed by atoms with E-state index in [0.717, 1.165) is 22.3 Å². The van der Waals surface area contributed by atoms with E-state index < -0.39 is 0 Å². The van der Waals surface area contributed by atoms with Crippen molar-refractivity contribution in [2.75, 3.05) is 5.88 Å². The van der Waals surface area contributed by atoms with Crippen molar-refractivity contribution in [3.63, 3.8) is 0 Å². The minimum Gasteiger partial charge on any atom is -0.234 e. The highest BCUT2D eigenvalue weighted by Crippen LogP contribution is 2.20. The summed E-state index contributed by atoms with van der Waals surface area (Å²) in [4.78, 5) is 4.50. The molecule has 0 spiro atoms. The summed E-state index contributed by atoms with van der Waals surface area (Å²) in [7, 11) is 2.81. The van der Waals surface area contributed by atoms with Gasteiger partial charge in [-0.3, -0.25) is 0 Å². The molecule has 2 aromatic rings. The smallest absolute Gasteiger partial charge is 0.179 e. The predicted molar refractivity (Wildman–Crippen MR) is 71.1 cm³/mol. The number of alkyl halides is 1. The summed E-state index contributed by atoms with van der Waals surface area (Å²) in [5.74, 6) is 0.589. The van der Waals surface area contributed by atoms with Gasteiger partial charge >= 0.3 is 0 Å². The summed E-state index contributed by atoms with van der Waals surface area (Å²) in [6.45, 7) is 0. The lowest BCUT2D eigenvalue weighted by Crippen LogP contribution is -1.95. The van der Waals surface area contributed by atoms with Gasteiger partial charge in [-0.25, -0.2) is 4.99 Å². The van der Waals surface area contributed by atoms with Crippen LogP contribution in [0.4, 0.5) is 5.69 Å². The summed E-state index contributed by atoms with van der Waals surface area (Å²) in [5, 5.41) is 0.468. The Hall–Kier alpha value is -0.420. The van der Waals surface area contributed by atoms with Gasteiger partial charge in [-0.15, -0.1) is 11.6 Å². The van der Waals surface area contributed by atoms with E-state index in [1.54, 1.807) is 0 Å². The number of halogens is 2. The SMILES string of the molecule is ClCCc1ccccc1N=c1ssnc1Cl. The molecule has 0 aliphatic rings. The molecule has 1 heterocycles. The Kier molecular flexibility index (Phi) is 4.35. The fraction of sp³-hybridized carbons (Fsp3) is 0.200. The Bertz CT molecular complexity index is 533. The molecule has 16 heavy (non-hydrogen) atoms. The summed E-state index contributed by atoms with van der Waals surface area (Å²) in [6.07, 6.45) is 0.807. The highest BCUT2D eigenvalue weighted by Gasteiger charge is 2.01. The average molecular weight is 291 g/mol. The van der Waals surface area contributed by atoms with Crippen LogP contribution in [-0.4, -0.2) is 10.3 Å². The lowest BCUT2D eigenvalue weighted by molar-refractivity contribution is 1.13. The van der Waals surface area contributed by atoms with E-state index in [2.05, 4.69) is 9.37 Å². The maximum absolute atomic E-state index is 5.91. The number of aryl methyl sites for hydroxylation is 1. The fourth-order valence-electron chi connectivity index (χ4n) is 1.27. The van der Waals surface area contributed by atoms with Gasteiger partial charge in [0.05, 0.1) is 5.69 Å². The lowest BCUT2D eigenvalue weighted by atomic mass is 10.1. The average Bonchev–Trinajstić information content (AvgIpc) is 2.68. The van der Waals surface area contributed by atoms with E-state index in [-0.39, 0.29) is 0 Å². The molecule has 1 aromatic heterocycles. The van der Waals surface area contributed by atoms with Gasteiger partial charge in [0.1, 0.15) is 0 Å². The number of rotatable bonds is 3. The van der Waals surface area contributed by atoms with Crippen molar-refractivity contribution in [3.05, 3.63) is 39.7 Å². The lowest BCUT2D eigenvalue weighted by Gasteiger charge is -2.01. The van der Waals surface area contributed by atoms with E-state index >= 15 is 0 Å². The molecule has 2 nitrogen and oxygen atoms in total. The Morgan fingerprint density at radius 1 is 1.31 bits per heavy atom. The zero-order chi connectivity index (χ0) is 11.4. The first-order valence-corrected chi connectivity index (χ1v) is 7.63. The fourth-order valence-corrected chi connectivity index (χ4v) is 3.46. The van der Waals surface area contributed by atoms with Crippen molar-refractivity contribution < 1.29 is 0 Å². The molecule has 0 aliphatic heterocycles. The van der Waals surface area contributed by atoms with Crippen LogP contribution in [-0.2, 0) is 6.42 Å². The molecule has 0 saturated carbocycles. The van der Waals surface area contributed by atoms with Crippen LogP contribution in [0.2, 0.25) is 5.15 Å². The minimum atomic E-state index is 0.468. The first-order chi connectivity index (χ1) is 7.81. The van der Waals surface area contributed by atoms with E-state index in [1.807, 2.05) is 24.3 Å². The van der Waals surface area contributed by atoms with Gasteiger partial charge in [0.15, 0.2) is 9.82 Å². The molecule has 0 N–H and O–H groups in total. The van der Waals surface area contributed by atoms with Gasteiger partial charge in [-0.05, 0) is 28.4 Å². The summed E-state index contributed by atoms with van der Waals surface area (Å²) >= 11 is 11.7. The van der Waals surface area contributed by atoms with E-state index in [1.165, 1.54) is 20.9 Å². The van der Waals surface area contributed by atoms with Crippen molar-refractivity contribution in [2.45, 2.75) is 6.42 Å². The number of hydrogen-bond donors (Lipinski definition) is 0. The molecule has 0 amide bonds. The third-order valence-electron chi connectivity index (χ3n) is 1.99. The van der Waals surface area contributed by atoms with Crippen molar-refractivity contribution >= 4 is 49.8 Å². The van der Waals surface area contributed by atoms with Crippen molar-refractivity contribution in [2.24, 2.45) is 4.99 Å². The van der Waals surface area contributed by atoms with E-state index in [9.17, 15) is 0 Å². The van der Waals surface area contributed by atoms with Crippen molar-refractivity contribution in [3.8, 4) is 0 Å². The summed E-state index contributed by atoms with van der Waals surface area (Å²) < 4.78 is 4.75. The minimum absolute atomic E-state index is 0.468. The normalized spacial score (nSPS) is 12.0. The number of benzene rings is 1.